The van der Waals surface area contributed by atoms with Crippen LogP contribution in [-0.4, -0.2) is 20.4 Å². The molecule has 2 aromatic rings. The minimum absolute atomic E-state index is 0.722. The molecule has 3 nitrogen and oxygen atoms in total. The lowest BCUT2D eigenvalue weighted by molar-refractivity contribution is 0.354. The smallest absolute Gasteiger partial charge is 0.161 e. The maximum absolute atomic E-state index is 5.35. The predicted octanol–water partition coefficient (Wildman–Crippen LogP) is 3.92. The standard InChI is InChI=1S/C15H13NO2S/c1-17-12-7-10-9-16-11-5-3-4-6-14(11)19-15(10)8-13(12)18-2/h3-9H,1-2H3. The summed E-state index contributed by atoms with van der Waals surface area (Å²) < 4.78 is 10.7. The van der Waals surface area contributed by atoms with E-state index in [9.17, 15) is 0 Å². The van der Waals surface area contributed by atoms with Crippen LogP contribution < -0.4 is 9.47 Å². The van der Waals surface area contributed by atoms with E-state index in [1.807, 2.05) is 36.5 Å². The molecule has 0 fully saturated rings. The van der Waals surface area contributed by atoms with Gasteiger partial charge in [-0.3, -0.25) is 4.99 Å². The topological polar surface area (TPSA) is 30.8 Å². The fraction of sp³-hybridized carbons (Fsp3) is 0.133. The summed E-state index contributed by atoms with van der Waals surface area (Å²) in [5.74, 6) is 1.46. The number of rotatable bonds is 2. The fourth-order valence-corrected chi connectivity index (χ4v) is 2.98. The first-order valence-electron chi connectivity index (χ1n) is 5.89. The predicted molar refractivity (Wildman–Crippen MR) is 77.4 cm³/mol. The third kappa shape index (κ3) is 2.19. The van der Waals surface area contributed by atoms with E-state index in [1.165, 1.54) is 0 Å². The summed E-state index contributed by atoms with van der Waals surface area (Å²) in [6.07, 6.45) is 1.87. The van der Waals surface area contributed by atoms with Crippen molar-refractivity contribution in [2.75, 3.05) is 14.2 Å². The lowest BCUT2D eigenvalue weighted by atomic mass is 10.2. The van der Waals surface area contributed by atoms with E-state index in [0.29, 0.717) is 0 Å². The Labute approximate surface area is 116 Å². The number of benzene rings is 2. The van der Waals surface area contributed by atoms with Crippen molar-refractivity contribution >= 4 is 23.7 Å². The van der Waals surface area contributed by atoms with Crippen LogP contribution in [0.1, 0.15) is 5.56 Å². The van der Waals surface area contributed by atoms with Crippen LogP contribution >= 0.6 is 11.8 Å². The van der Waals surface area contributed by atoms with Gasteiger partial charge in [0.05, 0.1) is 19.9 Å². The molecule has 96 valence electrons. The highest BCUT2D eigenvalue weighted by molar-refractivity contribution is 7.99. The van der Waals surface area contributed by atoms with Crippen LogP contribution in [0.15, 0.2) is 51.2 Å². The molecule has 0 atom stereocenters. The molecule has 0 saturated heterocycles. The summed E-state index contributed by atoms with van der Waals surface area (Å²) in [6.45, 7) is 0. The molecule has 0 unspecified atom stereocenters. The van der Waals surface area contributed by atoms with E-state index in [0.717, 1.165) is 32.5 Å². The summed E-state index contributed by atoms with van der Waals surface area (Å²) in [5, 5.41) is 0. The molecule has 3 rings (SSSR count). The lowest BCUT2D eigenvalue weighted by Crippen LogP contribution is -1.94. The molecule has 0 aliphatic carbocycles. The maximum Gasteiger partial charge on any atom is 0.161 e. The second-order valence-electron chi connectivity index (χ2n) is 4.07. The average molecular weight is 271 g/mol. The quantitative estimate of drug-likeness (QED) is 0.708. The number of para-hydroxylation sites is 1. The largest absolute Gasteiger partial charge is 0.493 e. The number of fused-ring (bicyclic) bond motifs is 2. The molecule has 0 amide bonds. The van der Waals surface area contributed by atoms with Crippen molar-refractivity contribution in [1.82, 2.24) is 0 Å². The van der Waals surface area contributed by atoms with Gasteiger partial charge >= 0.3 is 0 Å². The number of hydrogen-bond donors (Lipinski definition) is 0. The van der Waals surface area contributed by atoms with E-state index < -0.39 is 0 Å². The van der Waals surface area contributed by atoms with Gasteiger partial charge in [0.15, 0.2) is 11.5 Å². The molecule has 1 heterocycles. The first kappa shape index (κ1) is 12.1. The molecule has 0 N–H and O–H groups in total. The van der Waals surface area contributed by atoms with E-state index in [2.05, 4.69) is 11.1 Å². The van der Waals surface area contributed by atoms with Crippen LogP contribution in [-0.2, 0) is 0 Å². The molecule has 0 spiro atoms. The number of methoxy groups -OCH3 is 2. The number of ether oxygens (including phenoxy) is 2. The second-order valence-corrected chi connectivity index (χ2v) is 5.16. The average Bonchev–Trinajstić information content (AvgIpc) is 2.64. The fourth-order valence-electron chi connectivity index (χ4n) is 1.97. The van der Waals surface area contributed by atoms with Gasteiger partial charge < -0.3 is 9.47 Å². The van der Waals surface area contributed by atoms with E-state index in [1.54, 1.807) is 26.0 Å². The molecule has 0 radical (unpaired) electrons. The second kappa shape index (κ2) is 4.97. The van der Waals surface area contributed by atoms with Crippen LogP contribution in [0, 0.1) is 0 Å². The van der Waals surface area contributed by atoms with Crippen LogP contribution in [0.2, 0.25) is 0 Å². The Morgan fingerprint density at radius 1 is 0.947 bits per heavy atom. The van der Waals surface area contributed by atoms with Gasteiger partial charge in [-0.25, -0.2) is 0 Å². The van der Waals surface area contributed by atoms with E-state index >= 15 is 0 Å². The number of hydrogen-bond acceptors (Lipinski definition) is 4. The van der Waals surface area contributed by atoms with Crippen LogP contribution in [0.3, 0.4) is 0 Å². The zero-order valence-corrected chi connectivity index (χ0v) is 11.5. The summed E-state index contributed by atoms with van der Waals surface area (Å²) in [6, 6.07) is 12.0. The van der Waals surface area contributed by atoms with Gasteiger partial charge in [0.1, 0.15) is 0 Å². The van der Waals surface area contributed by atoms with Crippen molar-refractivity contribution in [1.29, 1.82) is 0 Å². The van der Waals surface area contributed by atoms with Crippen molar-refractivity contribution in [3.63, 3.8) is 0 Å². The monoisotopic (exact) mass is 271 g/mol. The number of aliphatic imine (C=N–C) groups is 1. The molecule has 1 aliphatic rings. The third-order valence-corrected chi connectivity index (χ3v) is 4.08. The van der Waals surface area contributed by atoms with Crippen LogP contribution in [0.5, 0.6) is 11.5 Å². The van der Waals surface area contributed by atoms with Crippen molar-refractivity contribution in [3.05, 3.63) is 42.0 Å². The Morgan fingerprint density at radius 2 is 1.68 bits per heavy atom. The lowest BCUT2D eigenvalue weighted by Gasteiger charge is -2.11. The SMILES string of the molecule is COc1cc2c(cc1OC)Sc1ccccc1N=C2. The van der Waals surface area contributed by atoms with Crippen LogP contribution in [0.4, 0.5) is 5.69 Å². The summed E-state index contributed by atoms with van der Waals surface area (Å²) in [5.41, 5.74) is 2.03. The first-order valence-corrected chi connectivity index (χ1v) is 6.70. The molecular formula is C15H13NO2S. The van der Waals surface area contributed by atoms with Crippen molar-refractivity contribution < 1.29 is 9.47 Å². The van der Waals surface area contributed by atoms with Gasteiger partial charge in [-0.05, 0) is 24.3 Å². The summed E-state index contributed by atoms with van der Waals surface area (Å²) >= 11 is 1.69. The minimum atomic E-state index is 0.722. The molecule has 19 heavy (non-hydrogen) atoms. The third-order valence-electron chi connectivity index (χ3n) is 2.94. The Balaban J connectivity index is 2.14. The minimum Gasteiger partial charge on any atom is -0.493 e. The van der Waals surface area contributed by atoms with E-state index in [-0.39, 0.29) is 0 Å². The highest BCUT2D eigenvalue weighted by Gasteiger charge is 2.15. The Kier molecular flexibility index (Phi) is 3.17. The van der Waals surface area contributed by atoms with Gasteiger partial charge in [-0.1, -0.05) is 23.9 Å². The van der Waals surface area contributed by atoms with Crippen molar-refractivity contribution in [2.24, 2.45) is 4.99 Å². The van der Waals surface area contributed by atoms with Gasteiger partial charge in [0.2, 0.25) is 0 Å². The zero-order chi connectivity index (χ0) is 13.2. The number of nitrogens with zero attached hydrogens (tertiary/aromatic N) is 1. The van der Waals surface area contributed by atoms with Gasteiger partial charge in [-0.2, -0.15) is 0 Å². The highest BCUT2D eigenvalue weighted by atomic mass is 32.2. The Hall–Kier alpha value is -1.94. The van der Waals surface area contributed by atoms with E-state index in [4.69, 9.17) is 9.47 Å². The van der Waals surface area contributed by atoms with Crippen molar-refractivity contribution in [2.45, 2.75) is 9.79 Å². The molecule has 2 aromatic carbocycles. The van der Waals surface area contributed by atoms with Crippen LogP contribution in [0.25, 0.3) is 0 Å². The maximum atomic E-state index is 5.35. The van der Waals surface area contributed by atoms with Gasteiger partial charge in [0.25, 0.3) is 0 Å². The van der Waals surface area contributed by atoms with Crippen molar-refractivity contribution in [3.8, 4) is 11.5 Å². The highest BCUT2D eigenvalue weighted by Crippen LogP contribution is 2.42. The molecular weight excluding hydrogens is 258 g/mol. The Bertz CT molecular complexity index is 653. The molecule has 1 aliphatic heterocycles. The molecule has 0 saturated carbocycles. The normalized spacial score (nSPS) is 12.3. The first-order chi connectivity index (χ1) is 9.31. The molecule has 0 bridgehead atoms. The van der Waals surface area contributed by atoms with Gasteiger partial charge in [-0.15, -0.1) is 0 Å². The molecule has 4 heteroatoms. The summed E-state index contributed by atoms with van der Waals surface area (Å²) in [7, 11) is 3.29. The molecule has 0 aromatic heterocycles. The van der Waals surface area contributed by atoms with Gasteiger partial charge in [0, 0.05) is 21.6 Å². The summed E-state index contributed by atoms with van der Waals surface area (Å²) in [4.78, 5) is 6.78. The Morgan fingerprint density at radius 3 is 2.47 bits per heavy atom. The zero-order valence-electron chi connectivity index (χ0n) is 10.7.